The first-order chi connectivity index (χ1) is 8.84. The molecule has 6 heteroatoms. The van der Waals surface area contributed by atoms with Gasteiger partial charge in [0.25, 0.3) is 0 Å². The molecule has 0 amide bonds. The average Bonchev–Trinajstić information content (AvgIpc) is 2.35. The lowest BCUT2D eigenvalue weighted by Gasteiger charge is -2.17. The van der Waals surface area contributed by atoms with Crippen LogP contribution in [0, 0.1) is 0 Å². The molecular weight excluding hydrogens is 259 g/mol. The predicted molar refractivity (Wildman–Crippen MR) is 65.5 cm³/mol. The van der Waals surface area contributed by atoms with Crippen LogP contribution in [0.5, 0.6) is 0 Å². The van der Waals surface area contributed by atoms with Crippen LogP contribution in [0.4, 0.5) is 13.2 Å². The Kier molecular flexibility index (Phi) is 5.78. The van der Waals surface area contributed by atoms with Crippen molar-refractivity contribution in [2.24, 2.45) is 5.73 Å². The van der Waals surface area contributed by atoms with Crippen LogP contribution >= 0.6 is 0 Å². The highest BCUT2D eigenvalue weighted by molar-refractivity contribution is 5.27. The second-order valence-electron chi connectivity index (χ2n) is 4.42. The van der Waals surface area contributed by atoms with Crippen molar-refractivity contribution in [1.82, 2.24) is 0 Å². The van der Waals surface area contributed by atoms with Gasteiger partial charge in [0.2, 0.25) is 0 Å². The van der Waals surface area contributed by atoms with Gasteiger partial charge in [-0.2, -0.15) is 13.2 Å². The summed E-state index contributed by atoms with van der Waals surface area (Å²) in [6.07, 6.45) is -4.67. The quantitative estimate of drug-likeness (QED) is 0.840. The van der Waals surface area contributed by atoms with Gasteiger partial charge in [-0.25, -0.2) is 0 Å². The SMILES string of the molecule is COCCC(N)CC(O)c1cccc(C(F)(F)F)c1. The third-order valence-corrected chi connectivity index (χ3v) is 2.82. The molecule has 0 aliphatic rings. The van der Waals surface area contributed by atoms with Crippen molar-refractivity contribution < 1.29 is 23.0 Å². The molecule has 1 aromatic rings. The zero-order chi connectivity index (χ0) is 14.5. The van der Waals surface area contributed by atoms with Gasteiger partial charge >= 0.3 is 6.18 Å². The maximum Gasteiger partial charge on any atom is 0.416 e. The molecule has 0 aromatic heterocycles. The summed E-state index contributed by atoms with van der Waals surface area (Å²) in [4.78, 5) is 0. The van der Waals surface area contributed by atoms with E-state index < -0.39 is 17.8 Å². The molecule has 0 aliphatic carbocycles. The van der Waals surface area contributed by atoms with Crippen molar-refractivity contribution in [3.63, 3.8) is 0 Å². The number of methoxy groups -OCH3 is 1. The number of rotatable bonds is 6. The summed E-state index contributed by atoms with van der Waals surface area (Å²) in [5.74, 6) is 0. The van der Waals surface area contributed by atoms with E-state index >= 15 is 0 Å². The number of hydrogen-bond acceptors (Lipinski definition) is 3. The highest BCUT2D eigenvalue weighted by atomic mass is 19.4. The number of benzene rings is 1. The summed E-state index contributed by atoms with van der Waals surface area (Å²) in [5.41, 5.74) is 5.22. The Morgan fingerprint density at radius 2 is 2.05 bits per heavy atom. The van der Waals surface area contributed by atoms with Crippen molar-refractivity contribution >= 4 is 0 Å². The van der Waals surface area contributed by atoms with Crippen molar-refractivity contribution in [1.29, 1.82) is 0 Å². The van der Waals surface area contributed by atoms with E-state index in [2.05, 4.69) is 0 Å². The fourth-order valence-corrected chi connectivity index (χ4v) is 1.73. The molecule has 2 atom stereocenters. The monoisotopic (exact) mass is 277 g/mol. The minimum absolute atomic E-state index is 0.199. The molecule has 3 N–H and O–H groups in total. The van der Waals surface area contributed by atoms with E-state index in [4.69, 9.17) is 10.5 Å². The Hall–Kier alpha value is -1.11. The number of alkyl halides is 3. The van der Waals surface area contributed by atoms with Crippen LogP contribution in [-0.4, -0.2) is 24.9 Å². The lowest BCUT2D eigenvalue weighted by Crippen LogP contribution is -2.24. The fourth-order valence-electron chi connectivity index (χ4n) is 1.73. The maximum atomic E-state index is 12.5. The van der Waals surface area contributed by atoms with Gasteiger partial charge in [-0.1, -0.05) is 12.1 Å². The Balaban J connectivity index is 2.69. The number of ether oxygens (including phenoxy) is 1. The van der Waals surface area contributed by atoms with Crippen LogP contribution in [0.1, 0.15) is 30.1 Å². The molecule has 1 rings (SSSR count). The second kappa shape index (κ2) is 6.88. The molecular formula is C13H18F3NO2. The van der Waals surface area contributed by atoms with Gasteiger partial charge < -0.3 is 15.6 Å². The third kappa shape index (κ3) is 5.18. The largest absolute Gasteiger partial charge is 0.416 e. The fraction of sp³-hybridized carbons (Fsp3) is 0.538. The van der Waals surface area contributed by atoms with E-state index in [1.165, 1.54) is 19.2 Å². The molecule has 108 valence electrons. The Morgan fingerprint density at radius 3 is 2.63 bits per heavy atom. The van der Waals surface area contributed by atoms with Gasteiger partial charge in [0.15, 0.2) is 0 Å². The smallest absolute Gasteiger partial charge is 0.388 e. The van der Waals surface area contributed by atoms with Gasteiger partial charge in [0.1, 0.15) is 0 Å². The van der Waals surface area contributed by atoms with Crippen LogP contribution in [0.15, 0.2) is 24.3 Å². The zero-order valence-electron chi connectivity index (χ0n) is 10.7. The summed E-state index contributed by atoms with van der Waals surface area (Å²) in [7, 11) is 1.54. The predicted octanol–water partition coefficient (Wildman–Crippen LogP) is 2.49. The minimum atomic E-state index is -4.41. The molecule has 0 fully saturated rings. The molecule has 0 saturated carbocycles. The highest BCUT2D eigenvalue weighted by Gasteiger charge is 2.30. The summed E-state index contributed by atoms with van der Waals surface area (Å²) >= 11 is 0. The van der Waals surface area contributed by atoms with E-state index in [9.17, 15) is 18.3 Å². The van der Waals surface area contributed by atoms with Crippen LogP contribution in [-0.2, 0) is 10.9 Å². The van der Waals surface area contributed by atoms with Gasteiger partial charge in [-0.05, 0) is 30.5 Å². The van der Waals surface area contributed by atoms with Crippen LogP contribution < -0.4 is 5.73 Å². The number of nitrogens with two attached hydrogens (primary N) is 1. The van der Waals surface area contributed by atoms with Crippen molar-refractivity contribution in [2.45, 2.75) is 31.2 Å². The molecule has 3 nitrogen and oxygen atoms in total. The standard InChI is InChI=1S/C13H18F3NO2/c1-19-6-5-11(17)8-12(18)9-3-2-4-10(7-9)13(14,15)16/h2-4,7,11-12,18H,5-6,8,17H2,1H3. The van der Waals surface area contributed by atoms with E-state index in [1.807, 2.05) is 0 Å². The molecule has 0 spiro atoms. The Morgan fingerprint density at radius 1 is 1.37 bits per heavy atom. The number of aliphatic hydroxyl groups excluding tert-OH is 1. The van der Waals surface area contributed by atoms with E-state index in [-0.39, 0.29) is 18.0 Å². The molecule has 1 aromatic carbocycles. The average molecular weight is 277 g/mol. The minimum Gasteiger partial charge on any atom is -0.388 e. The van der Waals surface area contributed by atoms with Crippen LogP contribution in [0.2, 0.25) is 0 Å². The molecule has 0 aliphatic heterocycles. The molecule has 0 radical (unpaired) electrons. The normalized spacial score (nSPS) is 15.3. The van der Waals surface area contributed by atoms with E-state index in [0.717, 1.165) is 12.1 Å². The third-order valence-electron chi connectivity index (χ3n) is 2.82. The summed E-state index contributed by atoms with van der Waals surface area (Å²) in [6, 6.07) is 4.35. The van der Waals surface area contributed by atoms with Crippen LogP contribution in [0.25, 0.3) is 0 Å². The van der Waals surface area contributed by atoms with Gasteiger partial charge in [-0.3, -0.25) is 0 Å². The van der Waals surface area contributed by atoms with Gasteiger partial charge in [-0.15, -0.1) is 0 Å². The second-order valence-corrected chi connectivity index (χ2v) is 4.42. The molecule has 19 heavy (non-hydrogen) atoms. The van der Waals surface area contributed by atoms with Gasteiger partial charge in [0.05, 0.1) is 11.7 Å². The topological polar surface area (TPSA) is 55.5 Å². The van der Waals surface area contributed by atoms with Crippen molar-refractivity contribution in [3.8, 4) is 0 Å². The molecule has 2 unspecified atom stereocenters. The molecule has 0 bridgehead atoms. The van der Waals surface area contributed by atoms with Crippen LogP contribution in [0.3, 0.4) is 0 Å². The molecule has 0 heterocycles. The lowest BCUT2D eigenvalue weighted by molar-refractivity contribution is -0.137. The summed E-state index contributed by atoms with van der Waals surface area (Å²) in [5, 5.41) is 9.89. The number of aliphatic hydroxyl groups is 1. The number of hydrogen-bond donors (Lipinski definition) is 2. The Labute approximate surface area is 110 Å². The zero-order valence-corrected chi connectivity index (χ0v) is 10.7. The lowest BCUT2D eigenvalue weighted by atomic mass is 9.99. The van der Waals surface area contributed by atoms with E-state index in [1.54, 1.807) is 0 Å². The van der Waals surface area contributed by atoms with Crippen molar-refractivity contribution in [2.75, 3.05) is 13.7 Å². The first-order valence-corrected chi connectivity index (χ1v) is 5.94. The summed E-state index contributed by atoms with van der Waals surface area (Å²) in [6.45, 7) is 0.455. The highest BCUT2D eigenvalue weighted by Crippen LogP contribution is 2.31. The summed E-state index contributed by atoms with van der Waals surface area (Å²) < 4.78 is 42.5. The first-order valence-electron chi connectivity index (χ1n) is 5.94. The Bertz CT molecular complexity index is 396. The molecule has 0 saturated heterocycles. The van der Waals surface area contributed by atoms with Crippen molar-refractivity contribution in [3.05, 3.63) is 35.4 Å². The maximum absolute atomic E-state index is 12.5. The number of halogens is 3. The first kappa shape index (κ1) is 15.9. The van der Waals surface area contributed by atoms with Gasteiger partial charge in [0, 0.05) is 19.8 Å². The van der Waals surface area contributed by atoms with E-state index in [0.29, 0.717) is 13.0 Å².